The molecule has 1 fully saturated rings. The van der Waals surface area contributed by atoms with Crippen LogP contribution < -0.4 is 0 Å². The van der Waals surface area contributed by atoms with Gasteiger partial charge in [0.2, 0.25) is 0 Å². The Kier molecular flexibility index (Phi) is 5.36. The van der Waals surface area contributed by atoms with Crippen LogP contribution >= 0.6 is 11.6 Å². The summed E-state index contributed by atoms with van der Waals surface area (Å²) < 4.78 is 22.0. The van der Waals surface area contributed by atoms with Crippen molar-refractivity contribution >= 4 is 21.4 Å². The van der Waals surface area contributed by atoms with Crippen LogP contribution in [-0.2, 0) is 9.84 Å². The van der Waals surface area contributed by atoms with E-state index in [1.807, 2.05) is 0 Å². The SMILES string of the molecule is CS(=O)(=O)CCCN1CCCCC1CCl. The van der Waals surface area contributed by atoms with E-state index in [0.717, 1.165) is 25.9 Å². The van der Waals surface area contributed by atoms with E-state index in [1.54, 1.807) is 0 Å². The number of sulfone groups is 1. The van der Waals surface area contributed by atoms with Crippen molar-refractivity contribution in [1.82, 2.24) is 4.90 Å². The van der Waals surface area contributed by atoms with Gasteiger partial charge in [-0.3, -0.25) is 4.90 Å². The van der Waals surface area contributed by atoms with Gasteiger partial charge in [0.25, 0.3) is 0 Å². The normalized spacial score (nSPS) is 24.3. The number of piperidine rings is 1. The zero-order valence-electron chi connectivity index (χ0n) is 9.28. The van der Waals surface area contributed by atoms with Crippen LogP contribution in [0, 0.1) is 0 Å². The highest BCUT2D eigenvalue weighted by molar-refractivity contribution is 7.90. The summed E-state index contributed by atoms with van der Waals surface area (Å²) >= 11 is 5.88. The highest BCUT2D eigenvalue weighted by atomic mass is 35.5. The van der Waals surface area contributed by atoms with E-state index in [9.17, 15) is 8.42 Å². The van der Waals surface area contributed by atoms with Crippen LogP contribution in [0.15, 0.2) is 0 Å². The second kappa shape index (κ2) is 6.06. The Morgan fingerprint density at radius 1 is 1.40 bits per heavy atom. The minimum Gasteiger partial charge on any atom is -0.299 e. The summed E-state index contributed by atoms with van der Waals surface area (Å²) in [6.45, 7) is 1.94. The molecule has 15 heavy (non-hydrogen) atoms. The first-order chi connectivity index (χ1) is 7.03. The fraction of sp³-hybridized carbons (Fsp3) is 1.00. The molecule has 5 heteroatoms. The first kappa shape index (κ1) is 13.3. The Bertz CT molecular complexity index is 279. The number of nitrogens with zero attached hydrogens (tertiary/aromatic N) is 1. The minimum atomic E-state index is -2.81. The Balaban J connectivity index is 2.29. The molecular weight excluding hydrogens is 234 g/mol. The molecule has 3 nitrogen and oxygen atoms in total. The molecule has 1 rings (SSSR count). The fourth-order valence-electron chi connectivity index (χ4n) is 2.06. The number of alkyl halides is 1. The monoisotopic (exact) mass is 253 g/mol. The van der Waals surface area contributed by atoms with Crippen molar-refractivity contribution < 1.29 is 8.42 Å². The highest BCUT2D eigenvalue weighted by Gasteiger charge is 2.21. The Morgan fingerprint density at radius 3 is 2.73 bits per heavy atom. The minimum absolute atomic E-state index is 0.290. The summed E-state index contributed by atoms with van der Waals surface area (Å²) in [6, 6.07) is 0.458. The average Bonchev–Trinajstić information content (AvgIpc) is 2.16. The van der Waals surface area contributed by atoms with E-state index >= 15 is 0 Å². The lowest BCUT2D eigenvalue weighted by Crippen LogP contribution is -2.41. The van der Waals surface area contributed by atoms with E-state index in [4.69, 9.17) is 11.6 Å². The molecule has 0 N–H and O–H groups in total. The lowest BCUT2D eigenvalue weighted by molar-refractivity contribution is 0.164. The zero-order chi connectivity index (χ0) is 11.3. The van der Waals surface area contributed by atoms with E-state index in [1.165, 1.54) is 19.1 Å². The number of rotatable bonds is 5. The van der Waals surface area contributed by atoms with Crippen LogP contribution in [0.2, 0.25) is 0 Å². The Hall–Kier alpha value is 0.200. The van der Waals surface area contributed by atoms with Crippen LogP contribution in [0.25, 0.3) is 0 Å². The van der Waals surface area contributed by atoms with Crippen LogP contribution in [0.1, 0.15) is 25.7 Å². The summed E-state index contributed by atoms with van der Waals surface area (Å²) in [5, 5.41) is 0. The third-order valence-electron chi connectivity index (χ3n) is 2.89. The maximum absolute atomic E-state index is 11.0. The third kappa shape index (κ3) is 5.18. The maximum Gasteiger partial charge on any atom is 0.147 e. The predicted molar refractivity (Wildman–Crippen MR) is 64.3 cm³/mol. The second-order valence-corrected chi connectivity index (χ2v) is 6.89. The second-order valence-electron chi connectivity index (χ2n) is 4.32. The molecule has 0 saturated carbocycles. The number of hydrogen-bond acceptors (Lipinski definition) is 3. The molecule has 0 amide bonds. The van der Waals surface area contributed by atoms with Gasteiger partial charge in [-0.15, -0.1) is 11.6 Å². The highest BCUT2D eigenvalue weighted by Crippen LogP contribution is 2.18. The molecule has 0 bridgehead atoms. The van der Waals surface area contributed by atoms with Crippen LogP contribution in [0.3, 0.4) is 0 Å². The molecule has 0 aromatic heterocycles. The van der Waals surface area contributed by atoms with Gasteiger partial charge in [0, 0.05) is 18.2 Å². The van der Waals surface area contributed by atoms with Gasteiger partial charge in [-0.25, -0.2) is 8.42 Å². The average molecular weight is 254 g/mol. The number of likely N-dealkylation sites (tertiary alicyclic amines) is 1. The molecule has 1 unspecified atom stereocenters. The van der Waals surface area contributed by atoms with Crippen LogP contribution in [0.5, 0.6) is 0 Å². The number of halogens is 1. The summed E-state index contributed by atoms with van der Waals surface area (Å²) in [4.78, 5) is 2.34. The lowest BCUT2D eigenvalue weighted by Gasteiger charge is -2.34. The van der Waals surface area contributed by atoms with Gasteiger partial charge in [0.1, 0.15) is 9.84 Å². The molecular formula is C10H20ClNO2S. The van der Waals surface area contributed by atoms with Crippen molar-refractivity contribution in [3.63, 3.8) is 0 Å². The van der Waals surface area contributed by atoms with Gasteiger partial charge in [0.05, 0.1) is 5.75 Å². The van der Waals surface area contributed by atoms with Gasteiger partial charge in [-0.05, 0) is 32.4 Å². The zero-order valence-corrected chi connectivity index (χ0v) is 10.9. The first-order valence-corrected chi connectivity index (χ1v) is 8.10. The number of hydrogen-bond donors (Lipinski definition) is 0. The molecule has 1 saturated heterocycles. The first-order valence-electron chi connectivity index (χ1n) is 5.50. The summed E-state index contributed by atoms with van der Waals surface area (Å²) in [6.07, 6.45) is 5.64. The van der Waals surface area contributed by atoms with Crippen molar-refractivity contribution in [2.45, 2.75) is 31.7 Å². The summed E-state index contributed by atoms with van der Waals surface area (Å²) in [5.41, 5.74) is 0. The van der Waals surface area contributed by atoms with Crippen molar-refractivity contribution in [1.29, 1.82) is 0 Å². The van der Waals surface area contributed by atoms with E-state index in [2.05, 4.69) is 4.90 Å². The molecule has 1 atom stereocenters. The molecule has 0 spiro atoms. The van der Waals surface area contributed by atoms with E-state index in [-0.39, 0.29) is 0 Å². The van der Waals surface area contributed by atoms with Gasteiger partial charge in [0.15, 0.2) is 0 Å². The predicted octanol–water partition coefficient (Wildman–Crippen LogP) is 1.51. The van der Waals surface area contributed by atoms with E-state index in [0.29, 0.717) is 17.7 Å². The fourth-order valence-corrected chi connectivity index (χ4v) is 3.06. The standard InChI is InChI=1S/C10H20ClNO2S/c1-15(13,14)8-4-7-12-6-3-2-5-10(12)9-11/h10H,2-9H2,1H3. The van der Waals surface area contributed by atoms with Crippen molar-refractivity contribution in [2.24, 2.45) is 0 Å². The molecule has 1 heterocycles. The van der Waals surface area contributed by atoms with Gasteiger partial charge in [-0.1, -0.05) is 6.42 Å². The van der Waals surface area contributed by atoms with Crippen LogP contribution in [0.4, 0.5) is 0 Å². The topological polar surface area (TPSA) is 37.4 Å². The van der Waals surface area contributed by atoms with E-state index < -0.39 is 9.84 Å². The molecule has 0 aromatic carbocycles. The summed E-state index contributed by atoms with van der Waals surface area (Å²) in [7, 11) is -2.81. The lowest BCUT2D eigenvalue weighted by atomic mass is 10.0. The molecule has 1 aliphatic heterocycles. The molecule has 0 radical (unpaired) electrons. The largest absolute Gasteiger partial charge is 0.299 e. The molecule has 0 aliphatic carbocycles. The van der Waals surface area contributed by atoms with Crippen molar-refractivity contribution in [2.75, 3.05) is 31.0 Å². The third-order valence-corrected chi connectivity index (χ3v) is 4.27. The Morgan fingerprint density at radius 2 is 2.13 bits per heavy atom. The van der Waals surface area contributed by atoms with Crippen molar-refractivity contribution in [3.8, 4) is 0 Å². The Labute approximate surface area is 97.7 Å². The van der Waals surface area contributed by atoms with Gasteiger partial charge in [-0.2, -0.15) is 0 Å². The maximum atomic E-state index is 11.0. The van der Waals surface area contributed by atoms with Crippen molar-refractivity contribution in [3.05, 3.63) is 0 Å². The van der Waals surface area contributed by atoms with Gasteiger partial charge >= 0.3 is 0 Å². The van der Waals surface area contributed by atoms with Gasteiger partial charge < -0.3 is 0 Å². The quantitative estimate of drug-likeness (QED) is 0.697. The molecule has 90 valence electrons. The summed E-state index contributed by atoms with van der Waals surface area (Å²) in [5.74, 6) is 0.956. The molecule has 1 aliphatic rings. The van der Waals surface area contributed by atoms with Crippen LogP contribution in [-0.4, -0.2) is 50.3 Å². The smallest absolute Gasteiger partial charge is 0.147 e. The molecule has 0 aromatic rings.